The Kier molecular flexibility index (Phi) is 3.61. The Labute approximate surface area is 150 Å². The second-order valence-electron chi connectivity index (χ2n) is 8.99. The number of carbonyl (C=O) groups is 1. The molecule has 1 aliphatic heterocycles. The van der Waals surface area contributed by atoms with Crippen LogP contribution in [0.4, 0.5) is 5.95 Å². The smallest absolute Gasteiger partial charge is 0.228 e. The van der Waals surface area contributed by atoms with Gasteiger partial charge in [0, 0.05) is 45.1 Å². The molecule has 0 aromatic carbocycles. The number of aryl methyl sites for hydroxylation is 1. The molecular formula is C20H30N4O. The average Bonchev–Trinajstić information content (AvgIpc) is 3.09. The van der Waals surface area contributed by atoms with E-state index in [1.165, 1.54) is 38.5 Å². The number of hydrogen-bond donors (Lipinski definition) is 0. The molecule has 1 aromatic rings. The highest BCUT2D eigenvalue weighted by atomic mass is 16.2. The van der Waals surface area contributed by atoms with E-state index >= 15 is 0 Å². The Morgan fingerprint density at radius 2 is 1.68 bits per heavy atom. The van der Waals surface area contributed by atoms with Crippen molar-refractivity contribution >= 4 is 11.9 Å². The van der Waals surface area contributed by atoms with E-state index in [1.807, 2.05) is 12.4 Å². The molecule has 0 N–H and O–H groups in total. The van der Waals surface area contributed by atoms with Crippen LogP contribution in [0.3, 0.4) is 0 Å². The maximum atomic E-state index is 13.5. The summed E-state index contributed by atoms with van der Waals surface area (Å²) in [7, 11) is 0. The lowest BCUT2D eigenvalue weighted by molar-refractivity contribution is -0.158. The molecule has 136 valence electrons. The van der Waals surface area contributed by atoms with Gasteiger partial charge in [-0.25, -0.2) is 4.98 Å². The molecule has 25 heavy (non-hydrogen) atoms. The first-order valence-corrected chi connectivity index (χ1v) is 10.2. The van der Waals surface area contributed by atoms with Crippen molar-refractivity contribution in [2.45, 2.75) is 52.0 Å². The minimum absolute atomic E-state index is 0.0127. The van der Waals surface area contributed by atoms with Gasteiger partial charge in [0.2, 0.25) is 11.9 Å². The largest absolute Gasteiger partial charge is 0.339 e. The summed E-state index contributed by atoms with van der Waals surface area (Å²) in [6, 6.07) is 0. The second kappa shape index (κ2) is 5.75. The highest BCUT2D eigenvalue weighted by Gasteiger charge is 2.55. The van der Waals surface area contributed by atoms with Crippen LogP contribution in [0.2, 0.25) is 0 Å². The zero-order chi connectivity index (χ0) is 17.0. The van der Waals surface area contributed by atoms with Gasteiger partial charge in [-0.05, 0) is 63.2 Å². The minimum Gasteiger partial charge on any atom is -0.339 e. The summed E-state index contributed by atoms with van der Waals surface area (Å²) in [5.41, 5.74) is 0.0127. The molecule has 0 unspecified atom stereocenters. The molecule has 5 aliphatic rings. The lowest BCUT2D eigenvalue weighted by atomic mass is 9.49. The van der Waals surface area contributed by atoms with Crippen LogP contribution in [0.15, 0.2) is 12.4 Å². The Bertz CT molecular complexity index is 623. The molecule has 1 aromatic heterocycles. The number of anilines is 1. The van der Waals surface area contributed by atoms with E-state index in [0.29, 0.717) is 5.91 Å². The van der Waals surface area contributed by atoms with Crippen LogP contribution in [0.1, 0.15) is 45.4 Å². The Morgan fingerprint density at radius 3 is 2.24 bits per heavy atom. The first-order valence-electron chi connectivity index (χ1n) is 10.2. The molecule has 1 saturated heterocycles. The minimum atomic E-state index is 0.0127. The van der Waals surface area contributed by atoms with Gasteiger partial charge >= 0.3 is 0 Å². The van der Waals surface area contributed by atoms with Gasteiger partial charge < -0.3 is 14.4 Å². The molecule has 0 atom stereocenters. The van der Waals surface area contributed by atoms with Crippen LogP contribution in [0.25, 0.3) is 0 Å². The quantitative estimate of drug-likeness (QED) is 0.848. The molecule has 2 heterocycles. The molecule has 5 nitrogen and oxygen atoms in total. The first-order chi connectivity index (χ1) is 12.2. The van der Waals surface area contributed by atoms with Crippen molar-refractivity contribution in [3.8, 4) is 0 Å². The molecular weight excluding hydrogens is 312 g/mol. The van der Waals surface area contributed by atoms with Gasteiger partial charge in [0.1, 0.15) is 0 Å². The van der Waals surface area contributed by atoms with E-state index in [9.17, 15) is 4.79 Å². The van der Waals surface area contributed by atoms with Gasteiger partial charge in [-0.1, -0.05) is 0 Å². The Balaban J connectivity index is 1.27. The second-order valence-corrected chi connectivity index (χ2v) is 8.99. The zero-order valence-corrected chi connectivity index (χ0v) is 15.4. The summed E-state index contributed by atoms with van der Waals surface area (Å²) in [4.78, 5) is 22.5. The van der Waals surface area contributed by atoms with Gasteiger partial charge in [-0.15, -0.1) is 0 Å². The number of amides is 1. The molecule has 4 aliphatic carbocycles. The number of hydrogen-bond acceptors (Lipinski definition) is 3. The molecule has 5 heteroatoms. The third kappa shape index (κ3) is 2.49. The van der Waals surface area contributed by atoms with Crippen molar-refractivity contribution < 1.29 is 4.79 Å². The molecule has 4 saturated carbocycles. The summed E-state index contributed by atoms with van der Waals surface area (Å²) in [5, 5.41) is 0. The summed E-state index contributed by atoms with van der Waals surface area (Å²) >= 11 is 0. The predicted octanol–water partition coefficient (Wildman–Crippen LogP) is 2.77. The summed E-state index contributed by atoms with van der Waals surface area (Å²) < 4.78 is 2.19. The van der Waals surface area contributed by atoms with Crippen molar-refractivity contribution in [3.05, 3.63) is 12.4 Å². The first kappa shape index (κ1) is 15.7. The van der Waals surface area contributed by atoms with Crippen LogP contribution < -0.4 is 4.90 Å². The number of nitrogens with zero attached hydrogens (tertiary/aromatic N) is 4. The third-order valence-corrected chi connectivity index (χ3v) is 7.38. The number of carbonyl (C=O) groups excluding carboxylic acids is 1. The molecule has 1 amide bonds. The van der Waals surface area contributed by atoms with E-state index in [2.05, 4.69) is 26.3 Å². The number of rotatable bonds is 3. The standard InChI is InChI=1S/C20H30N4O/c1-2-22-4-3-21-19(22)24-7-5-23(6-8-24)18(25)20-12-15-9-16(13-20)11-17(10-15)14-20/h3-4,15-17H,2,5-14H2,1H3. The number of aromatic nitrogens is 2. The monoisotopic (exact) mass is 342 g/mol. The molecule has 0 radical (unpaired) electrons. The van der Waals surface area contributed by atoms with Crippen molar-refractivity contribution in [1.29, 1.82) is 0 Å². The molecule has 0 spiro atoms. The van der Waals surface area contributed by atoms with Crippen molar-refractivity contribution in [2.24, 2.45) is 23.2 Å². The summed E-state index contributed by atoms with van der Waals surface area (Å²) in [6.45, 7) is 6.64. The van der Waals surface area contributed by atoms with E-state index in [1.54, 1.807) is 0 Å². The predicted molar refractivity (Wildman–Crippen MR) is 97.3 cm³/mol. The van der Waals surface area contributed by atoms with Gasteiger partial charge in [0.15, 0.2) is 0 Å². The van der Waals surface area contributed by atoms with Crippen LogP contribution in [0, 0.1) is 23.2 Å². The molecule has 6 rings (SSSR count). The van der Waals surface area contributed by atoms with Crippen LogP contribution in [-0.2, 0) is 11.3 Å². The topological polar surface area (TPSA) is 41.4 Å². The van der Waals surface area contributed by atoms with Gasteiger partial charge in [0.05, 0.1) is 5.41 Å². The van der Waals surface area contributed by atoms with Crippen molar-refractivity contribution in [3.63, 3.8) is 0 Å². The van der Waals surface area contributed by atoms with Crippen LogP contribution >= 0.6 is 0 Å². The fraction of sp³-hybridized carbons (Fsp3) is 0.800. The van der Waals surface area contributed by atoms with Crippen molar-refractivity contribution in [1.82, 2.24) is 14.5 Å². The summed E-state index contributed by atoms with van der Waals surface area (Å²) in [5.74, 6) is 4.07. The van der Waals surface area contributed by atoms with E-state index in [4.69, 9.17) is 0 Å². The maximum absolute atomic E-state index is 13.5. The maximum Gasteiger partial charge on any atom is 0.228 e. The Morgan fingerprint density at radius 1 is 1.08 bits per heavy atom. The lowest BCUT2D eigenvalue weighted by Gasteiger charge is -2.57. The lowest BCUT2D eigenvalue weighted by Crippen LogP contribution is -2.58. The highest BCUT2D eigenvalue weighted by Crippen LogP contribution is 2.60. The zero-order valence-electron chi connectivity index (χ0n) is 15.4. The number of imidazole rings is 1. The van der Waals surface area contributed by atoms with E-state index < -0.39 is 0 Å². The van der Waals surface area contributed by atoms with E-state index in [-0.39, 0.29) is 5.41 Å². The molecule has 5 fully saturated rings. The van der Waals surface area contributed by atoms with Gasteiger partial charge in [0.25, 0.3) is 0 Å². The van der Waals surface area contributed by atoms with Gasteiger partial charge in [-0.2, -0.15) is 0 Å². The third-order valence-electron chi connectivity index (χ3n) is 7.38. The van der Waals surface area contributed by atoms with Crippen molar-refractivity contribution in [2.75, 3.05) is 31.1 Å². The van der Waals surface area contributed by atoms with Gasteiger partial charge in [-0.3, -0.25) is 4.79 Å². The summed E-state index contributed by atoms with van der Waals surface area (Å²) in [6.07, 6.45) is 11.7. The fourth-order valence-corrected chi connectivity index (χ4v) is 6.65. The molecule has 4 bridgehead atoms. The average molecular weight is 342 g/mol. The normalized spacial score (nSPS) is 36.9. The Hall–Kier alpha value is -1.52. The van der Waals surface area contributed by atoms with Crippen LogP contribution in [0.5, 0.6) is 0 Å². The van der Waals surface area contributed by atoms with Crippen LogP contribution in [-0.4, -0.2) is 46.5 Å². The SMILES string of the molecule is CCn1ccnc1N1CCN(C(=O)C23CC4CC(CC(C4)C2)C3)CC1. The fourth-order valence-electron chi connectivity index (χ4n) is 6.65. The number of piperazine rings is 1. The van der Waals surface area contributed by atoms with E-state index in [0.717, 1.165) is 56.4 Å². The highest BCUT2D eigenvalue weighted by molar-refractivity contribution is 5.83.